The molecule has 20 heavy (non-hydrogen) atoms. The lowest BCUT2D eigenvalue weighted by molar-refractivity contribution is 0.414. The second-order valence-corrected chi connectivity index (χ2v) is 6.71. The molecule has 0 saturated heterocycles. The summed E-state index contributed by atoms with van der Waals surface area (Å²) >= 11 is 7.26. The van der Waals surface area contributed by atoms with Gasteiger partial charge in [-0.1, -0.05) is 42.0 Å². The van der Waals surface area contributed by atoms with Crippen LogP contribution in [0.3, 0.4) is 0 Å². The lowest BCUT2D eigenvalue weighted by atomic mass is 9.89. The van der Waals surface area contributed by atoms with Crippen molar-refractivity contribution in [3.05, 3.63) is 64.7 Å². The molecule has 0 N–H and O–H groups in total. The van der Waals surface area contributed by atoms with Gasteiger partial charge in [0.1, 0.15) is 5.75 Å². The van der Waals surface area contributed by atoms with Gasteiger partial charge in [0.2, 0.25) is 0 Å². The minimum Gasteiger partial charge on any atom is -0.497 e. The molecular formula is C17H16OS2. The Bertz CT molecular complexity index is 647. The third-order valence-electron chi connectivity index (χ3n) is 3.71. The molecule has 2 aromatic rings. The van der Waals surface area contributed by atoms with Crippen LogP contribution in [0.5, 0.6) is 5.75 Å². The molecule has 102 valence electrons. The topological polar surface area (TPSA) is 9.23 Å². The van der Waals surface area contributed by atoms with Crippen LogP contribution < -0.4 is 4.74 Å². The highest BCUT2D eigenvalue weighted by molar-refractivity contribution is 8.23. The summed E-state index contributed by atoms with van der Waals surface area (Å²) in [4.78, 5) is 0. The normalized spacial score (nSPS) is 17.7. The number of benzene rings is 2. The molecule has 0 saturated carbocycles. The van der Waals surface area contributed by atoms with E-state index >= 15 is 0 Å². The Morgan fingerprint density at radius 1 is 1.15 bits per heavy atom. The molecule has 1 heterocycles. The van der Waals surface area contributed by atoms with Crippen molar-refractivity contribution < 1.29 is 4.74 Å². The van der Waals surface area contributed by atoms with Crippen molar-refractivity contribution in [2.45, 2.75) is 12.8 Å². The van der Waals surface area contributed by atoms with Crippen LogP contribution in [0.2, 0.25) is 0 Å². The Hall–Kier alpha value is -1.32. The van der Waals surface area contributed by atoms with Gasteiger partial charge in [0, 0.05) is 17.2 Å². The highest BCUT2D eigenvalue weighted by Crippen LogP contribution is 2.39. The predicted octanol–water partition coefficient (Wildman–Crippen LogP) is 4.56. The van der Waals surface area contributed by atoms with Gasteiger partial charge in [-0.15, -0.1) is 11.8 Å². The van der Waals surface area contributed by atoms with Crippen molar-refractivity contribution >= 4 is 28.2 Å². The highest BCUT2D eigenvalue weighted by Gasteiger charge is 2.25. The predicted molar refractivity (Wildman–Crippen MR) is 90.2 cm³/mol. The molecule has 3 rings (SSSR count). The van der Waals surface area contributed by atoms with Crippen molar-refractivity contribution in [1.82, 2.24) is 0 Å². The zero-order valence-corrected chi connectivity index (χ0v) is 13.2. The average Bonchev–Trinajstić information content (AvgIpc) is 2.48. The van der Waals surface area contributed by atoms with Crippen molar-refractivity contribution in [2.75, 3.05) is 12.9 Å². The van der Waals surface area contributed by atoms with E-state index in [9.17, 15) is 0 Å². The van der Waals surface area contributed by atoms with E-state index in [0.717, 1.165) is 15.7 Å². The molecule has 0 aromatic heterocycles. The van der Waals surface area contributed by atoms with Crippen LogP contribution in [0.25, 0.3) is 0 Å². The van der Waals surface area contributed by atoms with Gasteiger partial charge >= 0.3 is 0 Å². The first-order chi connectivity index (χ1) is 9.69. The zero-order valence-electron chi connectivity index (χ0n) is 11.6. The van der Waals surface area contributed by atoms with Crippen molar-refractivity contribution in [3.63, 3.8) is 0 Å². The number of aryl methyl sites for hydroxylation is 1. The fraction of sp³-hybridized carbons (Fsp3) is 0.235. The minimum atomic E-state index is 0.386. The van der Waals surface area contributed by atoms with E-state index in [4.69, 9.17) is 17.0 Å². The first kappa shape index (κ1) is 13.7. The number of methoxy groups -OCH3 is 1. The average molecular weight is 300 g/mol. The lowest BCUT2D eigenvalue weighted by Crippen LogP contribution is -2.16. The second-order valence-electron chi connectivity index (χ2n) is 5.01. The molecule has 0 radical (unpaired) electrons. The van der Waals surface area contributed by atoms with E-state index in [2.05, 4.69) is 43.3 Å². The number of hydrogen-bond acceptors (Lipinski definition) is 3. The molecule has 0 bridgehead atoms. The maximum Gasteiger partial charge on any atom is 0.119 e. The summed E-state index contributed by atoms with van der Waals surface area (Å²) in [6.45, 7) is 2.12. The van der Waals surface area contributed by atoms with Crippen molar-refractivity contribution in [1.29, 1.82) is 0 Å². The quantitative estimate of drug-likeness (QED) is 0.753. The monoisotopic (exact) mass is 300 g/mol. The summed E-state index contributed by atoms with van der Waals surface area (Å²) in [6.07, 6.45) is 0. The standard InChI is InChI=1S/C17H16OS2/c1-11-3-5-12(6-4-11)16-10-20-17(19)14-8-7-13(18-2)9-15(14)16/h3-9,16H,10H2,1-2H3. The minimum absolute atomic E-state index is 0.386. The van der Waals surface area contributed by atoms with Gasteiger partial charge < -0.3 is 4.74 Å². The van der Waals surface area contributed by atoms with Gasteiger partial charge in [-0.2, -0.15) is 0 Å². The Morgan fingerprint density at radius 3 is 2.60 bits per heavy atom. The Kier molecular flexibility index (Phi) is 3.81. The molecule has 1 unspecified atom stereocenters. The Morgan fingerprint density at radius 2 is 1.90 bits per heavy atom. The van der Waals surface area contributed by atoms with Crippen LogP contribution >= 0.6 is 24.0 Å². The molecule has 1 aliphatic rings. The smallest absolute Gasteiger partial charge is 0.119 e. The van der Waals surface area contributed by atoms with Crippen LogP contribution in [0, 0.1) is 6.92 Å². The number of ether oxygens (including phenoxy) is 1. The molecule has 0 spiro atoms. The van der Waals surface area contributed by atoms with Gasteiger partial charge in [0.15, 0.2) is 0 Å². The summed E-state index contributed by atoms with van der Waals surface area (Å²) in [7, 11) is 1.71. The summed E-state index contributed by atoms with van der Waals surface area (Å²) in [6, 6.07) is 15.0. The zero-order chi connectivity index (χ0) is 14.1. The van der Waals surface area contributed by atoms with Gasteiger partial charge in [0.25, 0.3) is 0 Å². The molecule has 0 fully saturated rings. The van der Waals surface area contributed by atoms with Crippen LogP contribution in [-0.2, 0) is 0 Å². The number of rotatable bonds is 2. The van der Waals surface area contributed by atoms with Gasteiger partial charge in [0.05, 0.1) is 11.3 Å². The molecule has 0 amide bonds. The fourth-order valence-corrected chi connectivity index (χ4v) is 3.96. The van der Waals surface area contributed by atoms with Crippen molar-refractivity contribution in [2.24, 2.45) is 0 Å². The van der Waals surface area contributed by atoms with Gasteiger partial charge in [-0.05, 0) is 36.2 Å². The van der Waals surface area contributed by atoms with E-state index in [-0.39, 0.29) is 0 Å². The summed E-state index contributed by atoms with van der Waals surface area (Å²) in [5.74, 6) is 2.29. The van der Waals surface area contributed by atoms with Gasteiger partial charge in [-0.3, -0.25) is 0 Å². The summed E-state index contributed by atoms with van der Waals surface area (Å²) < 4.78 is 6.36. The Labute approximate surface area is 129 Å². The first-order valence-electron chi connectivity index (χ1n) is 6.60. The fourth-order valence-electron chi connectivity index (χ4n) is 2.54. The maximum atomic E-state index is 5.49. The molecule has 2 aromatic carbocycles. The molecule has 1 aliphatic heterocycles. The Balaban J connectivity index is 2.09. The summed E-state index contributed by atoms with van der Waals surface area (Å²) in [5, 5.41) is 0. The largest absolute Gasteiger partial charge is 0.497 e. The highest BCUT2D eigenvalue weighted by atomic mass is 32.2. The second kappa shape index (κ2) is 5.58. The third-order valence-corrected chi connectivity index (χ3v) is 5.27. The van der Waals surface area contributed by atoms with E-state index < -0.39 is 0 Å². The summed E-state index contributed by atoms with van der Waals surface area (Å²) in [5.41, 5.74) is 5.11. The molecule has 1 nitrogen and oxygen atoms in total. The van der Waals surface area contributed by atoms with Crippen LogP contribution in [0.4, 0.5) is 0 Å². The van der Waals surface area contributed by atoms with E-state index in [1.165, 1.54) is 22.3 Å². The molecule has 0 aliphatic carbocycles. The lowest BCUT2D eigenvalue weighted by Gasteiger charge is -2.26. The number of fused-ring (bicyclic) bond motifs is 1. The van der Waals surface area contributed by atoms with Gasteiger partial charge in [-0.25, -0.2) is 0 Å². The third kappa shape index (κ3) is 2.48. The maximum absolute atomic E-state index is 5.49. The van der Waals surface area contributed by atoms with Crippen LogP contribution in [-0.4, -0.2) is 17.1 Å². The number of hydrogen-bond donors (Lipinski definition) is 0. The molecular weight excluding hydrogens is 284 g/mol. The van der Waals surface area contributed by atoms with Crippen LogP contribution in [0.1, 0.15) is 28.2 Å². The van der Waals surface area contributed by atoms with E-state index in [0.29, 0.717) is 5.92 Å². The molecule has 3 heteroatoms. The number of thiocarbonyl (C=S) groups is 1. The SMILES string of the molecule is COc1ccc2c(c1)C(c1ccc(C)cc1)CSC2=S. The number of thioether (sulfide) groups is 1. The van der Waals surface area contributed by atoms with E-state index in [1.807, 2.05) is 6.07 Å². The molecule has 1 atom stereocenters. The van der Waals surface area contributed by atoms with E-state index in [1.54, 1.807) is 18.9 Å². The first-order valence-corrected chi connectivity index (χ1v) is 8.00. The van der Waals surface area contributed by atoms with Crippen molar-refractivity contribution in [3.8, 4) is 5.75 Å². The van der Waals surface area contributed by atoms with Crippen LogP contribution in [0.15, 0.2) is 42.5 Å².